The number of para-hydroxylation sites is 1. The fraction of sp³-hybridized carbons (Fsp3) is 0.559. The summed E-state index contributed by atoms with van der Waals surface area (Å²) in [6, 6.07) is 11.8. The molecule has 2 aromatic carbocycles. The van der Waals surface area contributed by atoms with E-state index in [2.05, 4.69) is 15.5 Å². The summed E-state index contributed by atoms with van der Waals surface area (Å²) >= 11 is 1.57. The van der Waals surface area contributed by atoms with Gasteiger partial charge >= 0.3 is 12.2 Å². The van der Waals surface area contributed by atoms with Crippen molar-refractivity contribution in [2.75, 3.05) is 49.5 Å². The van der Waals surface area contributed by atoms with Gasteiger partial charge < -0.3 is 29.9 Å². The molecule has 11 heteroatoms. The summed E-state index contributed by atoms with van der Waals surface area (Å²) in [6.07, 6.45) is 2.93. The van der Waals surface area contributed by atoms with Crippen molar-refractivity contribution in [2.45, 2.75) is 94.3 Å². The largest absolute Gasteiger partial charge is 0.444 e. The number of hydrogen-bond acceptors (Lipinski definition) is 8. The maximum Gasteiger partial charge on any atom is 0.419 e. The number of alkyl carbamates (subject to hydrolysis) is 1. The molecular formula is C34H47N5O5S. The molecule has 3 aliphatic heterocycles. The quantitative estimate of drug-likeness (QED) is 0.354. The zero-order valence-electron chi connectivity index (χ0n) is 27.4. The second kappa shape index (κ2) is 13.5. The van der Waals surface area contributed by atoms with Crippen LogP contribution in [0, 0.1) is 0 Å². The average Bonchev–Trinajstić information content (AvgIpc) is 3.50. The third-order valence-corrected chi connectivity index (χ3v) is 8.98. The van der Waals surface area contributed by atoms with Crippen molar-refractivity contribution in [3.63, 3.8) is 0 Å². The average molecular weight is 638 g/mol. The van der Waals surface area contributed by atoms with E-state index in [0.717, 1.165) is 85.3 Å². The summed E-state index contributed by atoms with van der Waals surface area (Å²) in [5.74, 6) is 0.0222. The molecule has 3 aliphatic rings. The van der Waals surface area contributed by atoms with Gasteiger partial charge in [0.05, 0.1) is 17.1 Å². The van der Waals surface area contributed by atoms with Crippen LogP contribution in [0.3, 0.4) is 0 Å². The summed E-state index contributed by atoms with van der Waals surface area (Å²) < 4.78 is 11.3. The van der Waals surface area contributed by atoms with Crippen LogP contribution in [0.4, 0.5) is 26.7 Å². The van der Waals surface area contributed by atoms with Crippen LogP contribution in [0.25, 0.3) is 0 Å². The minimum Gasteiger partial charge on any atom is -0.444 e. The Balaban J connectivity index is 1.38. The van der Waals surface area contributed by atoms with Crippen molar-refractivity contribution in [1.82, 2.24) is 15.1 Å². The Bertz CT molecular complexity index is 1400. The molecule has 0 spiro atoms. The highest BCUT2D eigenvalue weighted by Gasteiger charge is 2.36. The fourth-order valence-electron chi connectivity index (χ4n) is 5.87. The topological polar surface area (TPSA) is 103 Å². The van der Waals surface area contributed by atoms with Gasteiger partial charge in [-0.1, -0.05) is 23.9 Å². The second-order valence-corrected chi connectivity index (χ2v) is 15.0. The predicted molar refractivity (Wildman–Crippen MR) is 178 cm³/mol. The minimum absolute atomic E-state index is 0.0222. The Hall–Kier alpha value is -3.44. The van der Waals surface area contributed by atoms with Crippen LogP contribution in [-0.4, -0.2) is 84.4 Å². The zero-order chi connectivity index (χ0) is 32.4. The number of nitrogens with zero attached hydrogens (tertiary/aromatic N) is 3. The molecular weight excluding hydrogens is 590 g/mol. The Morgan fingerprint density at radius 2 is 1.56 bits per heavy atom. The standard InChI is InChI=1S/C34H47N5O5S/c1-33(2,3)43-31(41)35-15-20-37-18-13-24(14-19-37)36-25-21-23(30(40)38-16-9-10-17-38)22-28-29(25)39(32(42)44-34(4,5)6)26-11-7-8-12-27(26)45-28/h7-8,11-12,21-22,24,36H,9-10,13-20H2,1-6H3,(H,35,41). The second-order valence-electron chi connectivity index (χ2n) is 13.9. The van der Waals surface area contributed by atoms with Gasteiger partial charge in [-0.05, 0) is 91.5 Å². The molecule has 0 aliphatic carbocycles. The first-order valence-electron chi connectivity index (χ1n) is 16.0. The van der Waals surface area contributed by atoms with Crippen LogP contribution in [0.5, 0.6) is 0 Å². The third kappa shape index (κ3) is 8.43. The summed E-state index contributed by atoms with van der Waals surface area (Å²) in [5, 5.41) is 6.59. The highest BCUT2D eigenvalue weighted by molar-refractivity contribution is 7.99. The molecule has 244 valence electrons. The highest BCUT2D eigenvalue weighted by Crippen LogP contribution is 2.52. The molecule has 3 heterocycles. The number of amides is 3. The number of benzene rings is 2. The lowest BCUT2D eigenvalue weighted by atomic mass is 10.0. The van der Waals surface area contributed by atoms with E-state index in [0.29, 0.717) is 12.1 Å². The first kappa shape index (κ1) is 32.9. The molecule has 2 saturated heterocycles. The molecule has 5 rings (SSSR count). The Labute approximate surface area is 271 Å². The smallest absolute Gasteiger partial charge is 0.419 e. The van der Waals surface area contributed by atoms with Crippen molar-refractivity contribution in [1.29, 1.82) is 0 Å². The number of carbonyl (C=O) groups excluding carboxylic acids is 3. The molecule has 0 unspecified atom stereocenters. The van der Waals surface area contributed by atoms with E-state index in [1.54, 1.807) is 16.7 Å². The Kier molecular flexibility index (Phi) is 9.88. The van der Waals surface area contributed by atoms with Crippen molar-refractivity contribution in [3.05, 3.63) is 42.0 Å². The highest BCUT2D eigenvalue weighted by atomic mass is 32.2. The van der Waals surface area contributed by atoms with Crippen LogP contribution in [-0.2, 0) is 9.47 Å². The molecule has 2 N–H and O–H groups in total. The molecule has 2 aromatic rings. The van der Waals surface area contributed by atoms with E-state index in [1.807, 2.05) is 82.8 Å². The monoisotopic (exact) mass is 637 g/mol. The number of fused-ring (bicyclic) bond motifs is 2. The number of ether oxygens (including phenoxy) is 2. The molecule has 0 saturated carbocycles. The lowest BCUT2D eigenvalue weighted by Crippen LogP contribution is -2.43. The fourth-order valence-corrected chi connectivity index (χ4v) is 7.00. The van der Waals surface area contributed by atoms with Gasteiger partial charge in [-0.15, -0.1) is 0 Å². The zero-order valence-corrected chi connectivity index (χ0v) is 28.2. The number of piperidine rings is 1. The van der Waals surface area contributed by atoms with Crippen LogP contribution in [0.1, 0.15) is 77.6 Å². The molecule has 0 bridgehead atoms. The first-order valence-corrected chi connectivity index (χ1v) is 16.8. The van der Waals surface area contributed by atoms with E-state index >= 15 is 0 Å². The summed E-state index contributed by atoms with van der Waals surface area (Å²) in [7, 11) is 0. The van der Waals surface area contributed by atoms with Gasteiger partial charge in [0.25, 0.3) is 5.91 Å². The van der Waals surface area contributed by atoms with Crippen molar-refractivity contribution in [3.8, 4) is 0 Å². The molecule has 45 heavy (non-hydrogen) atoms. The lowest BCUT2D eigenvalue weighted by Gasteiger charge is -2.37. The van der Waals surface area contributed by atoms with Crippen LogP contribution in [0.2, 0.25) is 0 Å². The van der Waals surface area contributed by atoms with E-state index in [4.69, 9.17) is 9.47 Å². The van der Waals surface area contributed by atoms with Crippen molar-refractivity contribution in [2.24, 2.45) is 0 Å². The van der Waals surface area contributed by atoms with Gasteiger partial charge in [-0.25, -0.2) is 14.5 Å². The van der Waals surface area contributed by atoms with E-state index < -0.39 is 23.4 Å². The van der Waals surface area contributed by atoms with Gasteiger partial charge in [0.2, 0.25) is 0 Å². The molecule has 10 nitrogen and oxygen atoms in total. The number of anilines is 3. The van der Waals surface area contributed by atoms with Crippen LogP contribution < -0.4 is 15.5 Å². The van der Waals surface area contributed by atoms with Crippen LogP contribution >= 0.6 is 11.8 Å². The van der Waals surface area contributed by atoms with Gasteiger partial charge in [0, 0.05) is 60.7 Å². The molecule has 0 aromatic heterocycles. The number of rotatable bonds is 6. The van der Waals surface area contributed by atoms with Gasteiger partial charge in [0.1, 0.15) is 11.2 Å². The third-order valence-electron chi connectivity index (χ3n) is 7.88. The molecule has 0 radical (unpaired) electrons. The SMILES string of the molecule is CC(C)(C)OC(=O)NCCN1CCC(Nc2cc(C(=O)N3CCCC3)cc3c2N(C(=O)OC(C)(C)C)c2ccccc2S3)CC1. The summed E-state index contributed by atoms with van der Waals surface area (Å²) in [5.41, 5.74) is 1.66. The Morgan fingerprint density at radius 3 is 2.22 bits per heavy atom. The maximum absolute atomic E-state index is 13.8. The first-order chi connectivity index (χ1) is 21.3. The number of hydrogen-bond donors (Lipinski definition) is 2. The van der Waals surface area contributed by atoms with Crippen molar-refractivity contribution >= 4 is 46.9 Å². The van der Waals surface area contributed by atoms with Gasteiger partial charge in [-0.3, -0.25) is 4.79 Å². The van der Waals surface area contributed by atoms with E-state index in [1.165, 1.54) is 0 Å². The van der Waals surface area contributed by atoms with Crippen molar-refractivity contribution < 1.29 is 23.9 Å². The Morgan fingerprint density at radius 1 is 0.889 bits per heavy atom. The maximum atomic E-state index is 13.8. The number of nitrogens with one attached hydrogen (secondary N) is 2. The predicted octanol–water partition coefficient (Wildman–Crippen LogP) is 6.86. The molecule has 2 fully saturated rings. The van der Waals surface area contributed by atoms with E-state index in [-0.39, 0.29) is 11.9 Å². The number of likely N-dealkylation sites (tertiary alicyclic amines) is 2. The van der Waals surface area contributed by atoms with Crippen LogP contribution in [0.15, 0.2) is 46.2 Å². The number of carbonyl (C=O) groups is 3. The van der Waals surface area contributed by atoms with E-state index in [9.17, 15) is 14.4 Å². The summed E-state index contributed by atoms with van der Waals surface area (Å²) in [4.78, 5) is 47.2. The molecule has 3 amide bonds. The minimum atomic E-state index is -0.679. The normalized spacial score (nSPS) is 17.4. The summed E-state index contributed by atoms with van der Waals surface area (Å²) in [6.45, 7) is 15.6. The van der Waals surface area contributed by atoms with Gasteiger partial charge in [0.15, 0.2) is 0 Å². The lowest BCUT2D eigenvalue weighted by molar-refractivity contribution is 0.0518. The molecule has 0 atom stereocenters. The van der Waals surface area contributed by atoms with Gasteiger partial charge in [-0.2, -0.15) is 0 Å².